The third-order valence-electron chi connectivity index (χ3n) is 6.53. The minimum absolute atomic E-state index is 0.226. The molecule has 7 nitrogen and oxygen atoms in total. The Hall–Kier alpha value is -3.38. The number of aliphatic hydroxyl groups is 1. The highest BCUT2D eigenvalue weighted by atomic mass is 19.3. The number of rotatable bonds is 6. The number of nitrogens with zero attached hydrogens (tertiary/aromatic N) is 4. The van der Waals surface area contributed by atoms with E-state index in [1.807, 2.05) is 0 Å². The maximum Gasteiger partial charge on any atom is 0.300 e. The summed E-state index contributed by atoms with van der Waals surface area (Å²) in [5, 5.41) is 23.3. The molecule has 0 bridgehead atoms. The molecule has 0 amide bonds. The molecule has 9 heteroatoms. The summed E-state index contributed by atoms with van der Waals surface area (Å²) in [6.07, 6.45) is 1.35. The molecule has 1 atom stereocenters. The number of nitrogens with one attached hydrogen (secondary N) is 1. The summed E-state index contributed by atoms with van der Waals surface area (Å²) in [4.78, 5) is 21.9. The van der Waals surface area contributed by atoms with Crippen molar-refractivity contribution in [3.05, 3.63) is 63.3 Å². The first-order chi connectivity index (χ1) is 15.8. The molecule has 0 unspecified atom stereocenters. The van der Waals surface area contributed by atoms with Gasteiger partial charge >= 0.3 is 5.92 Å². The lowest BCUT2D eigenvalue weighted by atomic mass is 9.91. The van der Waals surface area contributed by atoms with Gasteiger partial charge in [-0.25, -0.2) is 9.97 Å². The average Bonchev–Trinajstić information content (AvgIpc) is 3.57. The largest absolute Gasteiger partial charge is 0.384 e. The number of fused-ring (bicyclic) bond motifs is 1. The molecule has 1 aromatic carbocycles. The van der Waals surface area contributed by atoms with Gasteiger partial charge in [-0.2, -0.15) is 14.0 Å². The number of aryl methyl sites for hydroxylation is 1. The van der Waals surface area contributed by atoms with Crippen molar-refractivity contribution in [3.63, 3.8) is 0 Å². The SMILES string of the molecule is Cc1nc(N[C@H](C)c2cccc(C(F)(F)C(C)(C)O)c2)c2cc(C3(C#N)CC3)n(C)c(=O)c2n1. The summed E-state index contributed by atoms with van der Waals surface area (Å²) in [7, 11) is 1.63. The van der Waals surface area contributed by atoms with Crippen LogP contribution in [0, 0.1) is 18.3 Å². The Morgan fingerprint density at radius 1 is 1.26 bits per heavy atom. The van der Waals surface area contributed by atoms with Gasteiger partial charge in [-0.15, -0.1) is 0 Å². The molecule has 1 saturated carbocycles. The minimum Gasteiger partial charge on any atom is -0.384 e. The first-order valence-corrected chi connectivity index (χ1v) is 11.1. The van der Waals surface area contributed by atoms with Gasteiger partial charge in [0.15, 0.2) is 0 Å². The highest BCUT2D eigenvalue weighted by Gasteiger charge is 2.48. The summed E-state index contributed by atoms with van der Waals surface area (Å²) in [6.45, 7) is 5.61. The standard InChI is InChI=1S/C25H27F2N5O2/c1-14(16-7-6-8-17(11-16)25(26,27)23(3,4)34)29-21-18-12-19(24(13-28)9-10-24)32(5)22(33)20(18)30-15(2)31-21/h6-8,11-12,14,34H,9-10H2,1-5H3,(H,29,30,31)/t14-/m1/s1. The molecule has 4 rings (SSSR count). The van der Waals surface area contributed by atoms with Gasteiger partial charge in [0, 0.05) is 24.3 Å². The quantitative estimate of drug-likeness (QED) is 0.562. The second kappa shape index (κ2) is 7.84. The van der Waals surface area contributed by atoms with E-state index >= 15 is 0 Å². The highest BCUT2D eigenvalue weighted by molar-refractivity contribution is 5.89. The second-order valence-electron chi connectivity index (χ2n) is 9.59. The lowest BCUT2D eigenvalue weighted by molar-refractivity contribution is -0.168. The van der Waals surface area contributed by atoms with Gasteiger partial charge in [0.25, 0.3) is 5.56 Å². The molecular formula is C25H27F2N5O2. The van der Waals surface area contributed by atoms with Crippen LogP contribution in [0.25, 0.3) is 10.9 Å². The van der Waals surface area contributed by atoms with Crippen LogP contribution in [-0.2, 0) is 18.4 Å². The van der Waals surface area contributed by atoms with E-state index in [0.717, 1.165) is 13.8 Å². The van der Waals surface area contributed by atoms with Gasteiger partial charge in [0.2, 0.25) is 0 Å². The first kappa shape index (κ1) is 23.8. The number of halogens is 2. The zero-order chi connectivity index (χ0) is 25.1. The predicted octanol–water partition coefficient (Wildman–Crippen LogP) is 4.23. The molecule has 2 heterocycles. The van der Waals surface area contributed by atoms with Crippen LogP contribution >= 0.6 is 0 Å². The lowest BCUT2D eigenvalue weighted by Crippen LogP contribution is -2.40. The van der Waals surface area contributed by atoms with Crippen molar-refractivity contribution in [2.45, 2.75) is 63.5 Å². The van der Waals surface area contributed by atoms with E-state index in [4.69, 9.17) is 0 Å². The molecule has 1 aliphatic rings. The van der Waals surface area contributed by atoms with Gasteiger partial charge in [-0.1, -0.05) is 18.2 Å². The molecule has 0 radical (unpaired) electrons. The molecule has 1 aliphatic carbocycles. The van der Waals surface area contributed by atoms with Gasteiger partial charge in [0.05, 0.1) is 16.9 Å². The molecule has 34 heavy (non-hydrogen) atoms. The average molecular weight is 468 g/mol. The van der Waals surface area contributed by atoms with E-state index in [9.17, 15) is 23.9 Å². The number of nitriles is 1. The number of benzene rings is 1. The number of pyridine rings is 1. The Morgan fingerprint density at radius 2 is 1.94 bits per heavy atom. The summed E-state index contributed by atoms with van der Waals surface area (Å²) >= 11 is 0. The summed E-state index contributed by atoms with van der Waals surface area (Å²) in [6, 6.07) is 9.50. The fourth-order valence-corrected chi connectivity index (χ4v) is 4.15. The summed E-state index contributed by atoms with van der Waals surface area (Å²) in [5.74, 6) is -2.67. The van der Waals surface area contributed by atoms with E-state index in [1.165, 1.54) is 22.8 Å². The Labute approximate surface area is 196 Å². The Bertz CT molecular complexity index is 1380. The van der Waals surface area contributed by atoms with Crippen molar-refractivity contribution < 1.29 is 13.9 Å². The predicted molar refractivity (Wildman–Crippen MR) is 125 cm³/mol. The Balaban J connectivity index is 1.78. The Kier molecular flexibility index (Phi) is 5.48. The fraction of sp³-hybridized carbons (Fsp3) is 0.440. The number of aromatic nitrogens is 3. The maximum absolute atomic E-state index is 14.7. The minimum atomic E-state index is -3.45. The van der Waals surface area contributed by atoms with Gasteiger partial charge in [0.1, 0.15) is 22.8 Å². The molecular weight excluding hydrogens is 440 g/mol. The van der Waals surface area contributed by atoms with Crippen molar-refractivity contribution in [3.8, 4) is 6.07 Å². The fourth-order valence-electron chi connectivity index (χ4n) is 4.15. The highest BCUT2D eigenvalue weighted by Crippen LogP contribution is 2.47. The van der Waals surface area contributed by atoms with E-state index < -0.39 is 23.0 Å². The van der Waals surface area contributed by atoms with E-state index in [-0.39, 0.29) is 16.6 Å². The zero-order valence-electron chi connectivity index (χ0n) is 19.8. The van der Waals surface area contributed by atoms with E-state index in [1.54, 1.807) is 33.0 Å². The van der Waals surface area contributed by atoms with Crippen LogP contribution in [-0.4, -0.2) is 25.2 Å². The van der Waals surface area contributed by atoms with Crippen molar-refractivity contribution in [1.82, 2.24) is 14.5 Å². The monoisotopic (exact) mass is 467 g/mol. The van der Waals surface area contributed by atoms with Crippen molar-refractivity contribution >= 4 is 16.7 Å². The number of hydrogen-bond acceptors (Lipinski definition) is 6. The van der Waals surface area contributed by atoms with Gasteiger partial charge in [-0.05, 0) is 58.2 Å². The van der Waals surface area contributed by atoms with Crippen molar-refractivity contribution in [2.24, 2.45) is 7.05 Å². The van der Waals surface area contributed by atoms with Gasteiger partial charge in [-0.3, -0.25) is 4.79 Å². The number of hydrogen-bond donors (Lipinski definition) is 2. The molecule has 2 N–H and O–H groups in total. The molecule has 178 valence electrons. The van der Waals surface area contributed by atoms with Gasteiger partial charge < -0.3 is 15.0 Å². The lowest BCUT2D eigenvalue weighted by Gasteiger charge is -2.30. The van der Waals surface area contributed by atoms with E-state index in [2.05, 4.69) is 21.4 Å². The second-order valence-corrected chi connectivity index (χ2v) is 9.59. The van der Waals surface area contributed by atoms with Crippen LogP contribution in [0.3, 0.4) is 0 Å². The van der Waals surface area contributed by atoms with Crippen molar-refractivity contribution in [2.75, 3.05) is 5.32 Å². The molecule has 3 aromatic rings. The third kappa shape index (κ3) is 3.82. The van der Waals surface area contributed by atoms with Crippen molar-refractivity contribution in [1.29, 1.82) is 5.26 Å². The molecule has 0 aliphatic heterocycles. The van der Waals surface area contributed by atoms with Crippen LogP contribution in [0.5, 0.6) is 0 Å². The number of anilines is 1. The normalized spacial score (nSPS) is 16.2. The zero-order valence-corrected chi connectivity index (χ0v) is 19.8. The molecule has 2 aromatic heterocycles. The summed E-state index contributed by atoms with van der Waals surface area (Å²) in [5.41, 5.74) is -2.12. The summed E-state index contributed by atoms with van der Waals surface area (Å²) < 4.78 is 30.9. The number of alkyl halides is 2. The first-order valence-electron chi connectivity index (χ1n) is 11.1. The third-order valence-corrected chi connectivity index (χ3v) is 6.53. The van der Waals surface area contributed by atoms with Crippen LogP contribution in [0.15, 0.2) is 35.1 Å². The van der Waals surface area contributed by atoms with Crippen LogP contribution in [0.4, 0.5) is 14.6 Å². The molecule has 0 saturated heterocycles. The van der Waals surface area contributed by atoms with Crippen LogP contribution in [0.2, 0.25) is 0 Å². The smallest absolute Gasteiger partial charge is 0.300 e. The van der Waals surface area contributed by atoms with Crippen LogP contribution < -0.4 is 10.9 Å². The van der Waals surface area contributed by atoms with Crippen LogP contribution in [0.1, 0.15) is 62.3 Å². The maximum atomic E-state index is 14.7. The molecule has 0 spiro atoms. The Morgan fingerprint density at radius 3 is 2.53 bits per heavy atom. The topological polar surface area (TPSA) is 104 Å². The molecule has 1 fully saturated rings. The van der Waals surface area contributed by atoms with E-state index in [0.29, 0.717) is 41.1 Å².